The van der Waals surface area contributed by atoms with Crippen molar-refractivity contribution in [1.29, 1.82) is 0 Å². The highest BCUT2D eigenvalue weighted by atomic mass is 16.2. The van der Waals surface area contributed by atoms with Crippen molar-refractivity contribution in [3.05, 3.63) is 59.3 Å². The number of hydrogen-bond donors (Lipinski definition) is 0. The zero-order valence-corrected chi connectivity index (χ0v) is 14.5. The van der Waals surface area contributed by atoms with Gasteiger partial charge in [-0.2, -0.15) is 5.10 Å². The second-order valence-electron chi connectivity index (χ2n) is 6.66. The molecule has 0 bridgehead atoms. The van der Waals surface area contributed by atoms with Gasteiger partial charge in [0.15, 0.2) is 5.65 Å². The monoisotopic (exact) mass is 335 g/mol. The minimum atomic E-state index is 0.0342. The Morgan fingerprint density at radius 2 is 1.96 bits per heavy atom. The second-order valence-corrected chi connectivity index (χ2v) is 6.66. The van der Waals surface area contributed by atoms with Crippen LogP contribution in [0.3, 0.4) is 0 Å². The van der Waals surface area contributed by atoms with E-state index in [0.29, 0.717) is 11.6 Å². The van der Waals surface area contributed by atoms with Crippen molar-refractivity contribution in [2.24, 2.45) is 0 Å². The third-order valence-corrected chi connectivity index (χ3v) is 4.97. The van der Waals surface area contributed by atoms with Gasteiger partial charge in [0.05, 0.1) is 6.20 Å². The first-order chi connectivity index (χ1) is 12.1. The van der Waals surface area contributed by atoms with Crippen molar-refractivity contribution in [2.45, 2.75) is 32.6 Å². The zero-order valence-electron chi connectivity index (χ0n) is 14.5. The molecule has 4 rings (SSSR count). The second kappa shape index (κ2) is 6.27. The van der Waals surface area contributed by atoms with Crippen LogP contribution in [0.2, 0.25) is 0 Å². The van der Waals surface area contributed by atoms with Crippen LogP contribution in [-0.2, 0) is 0 Å². The van der Waals surface area contributed by atoms with Gasteiger partial charge in [-0.25, -0.2) is 9.50 Å². The number of pyridine rings is 1. The van der Waals surface area contributed by atoms with E-state index in [9.17, 15) is 4.79 Å². The van der Waals surface area contributed by atoms with E-state index < -0.39 is 0 Å². The number of nitrogens with zero attached hydrogens (tertiary/aromatic N) is 5. The third-order valence-electron chi connectivity index (χ3n) is 4.97. The van der Waals surface area contributed by atoms with Gasteiger partial charge in [-0.3, -0.25) is 9.78 Å². The van der Waals surface area contributed by atoms with E-state index in [2.05, 4.69) is 16.1 Å². The predicted octanol–water partition coefficient (Wildman–Crippen LogP) is 2.76. The minimum Gasteiger partial charge on any atom is -0.337 e. The topological polar surface area (TPSA) is 63.4 Å². The molecular weight excluding hydrogens is 314 g/mol. The largest absolute Gasteiger partial charge is 0.337 e. The summed E-state index contributed by atoms with van der Waals surface area (Å²) < 4.78 is 1.85. The molecular formula is C19H21N5O. The molecule has 128 valence electrons. The minimum absolute atomic E-state index is 0.0342. The Morgan fingerprint density at radius 3 is 2.72 bits per heavy atom. The number of likely N-dealkylation sites (tertiary alicyclic amines) is 1. The molecule has 1 aliphatic rings. The Kier molecular flexibility index (Phi) is 3.95. The van der Waals surface area contributed by atoms with Gasteiger partial charge in [-0.1, -0.05) is 6.07 Å². The maximum Gasteiger partial charge on any atom is 0.272 e. The normalized spacial score (nSPS) is 15.7. The van der Waals surface area contributed by atoms with Gasteiger partial charge in [0.1, 0.15) is 5.69 Å². The van der Waals surface area contributed by atoms with E-state index in [4.69, 9.17) is 4.98 Å². The molecule has 6 heteroatoms. The predicted molar refractivity (Wildman–Crippen MR) is 94.6 cm³/mol. The average Bonchev–Trinajstić information content (AvgIpc) is 3.11. The van der Waals surface area contributed by atoms with Crippen LogP contribution in [0.4, 0.5) is 0 Å². The fourth-order valence-electron chi connectivity index (χ4n) is 3.54. The van der Waals surface area contributed by atoms with Crippen LogP contribution in [0.15, 0.2) is 36.7 Å². The molecule has 6 nitrogen and oxygen atoms in total. The smallest absolute Gasteiger partial charge is 0.272 e. The Labute approximate surface area is 146 Å². The molecule has 3 aromatic heterocycles. The molecule has 0 aromatic carbocycles. The van der Waals surface area contributed by atoms with E-state index in [1.807, 2.05) is 41.5 Å². The summed E-state index contributed by atoms with van der Waals surface area (Å²) in [6, 6.07) is 7.84. The number of carbonyl (C=O) groups is 1. The van der Waals surface area contributed by atoms with Crippen LogP contribution in [-0.4, -0.2) is 43.5 Å². The number of piperidine rings is 1. The maximum absolute atomic E-state index is 12.7. The molecule has 1 amide bonds. The fourth-order valence-corrected chi connectivity index (χ4v) is 3.54. The summed E-state index contributed by atoms with van der Waals surface area (Å²) in [6.45, 7) is 5.46. The van der Waals surface area contributed by atoms with Crippen LogP contribution < -0.4 is 0 Å². The number of amides is 1. The van der Waals surface area contributed by atoms with Crippen LogP contribution >= 0.6 is 0 Å². The molecule has 3 aromatic rings. The first-order valence-corrected chi connectivity index (χ1v) is 8.65. The molecule has 0 saturated carbocycles. The molecule has 0 spiro atoms. The molecule has 0 unspecified atom stereocenters. The third kappa shape index (κ3) is 2.88. The molecule has 0 atom stereocenters. The highest BCUT2D eigenvalue weighted by Gasteiger charge is 2.27. The van der Waals surface area contributed by atoms with Crippen molar-refractivity contribution >= 4 is 11.6 Å². The molecule has 0 aliphatic carbocycles. The lowest BCUT2D eigenvalue weighted by Crippen LogP contribution is -2.38. The summed E-state index contributed by atoms with van der Waals surface area (Å²) in [6.07, 6.45) is 5.30. The van der Waals surface area contributed by atoms with Gasteiger partial charge in [0.25, 0.3) is 5.91 Å². The number of hydrogen-bond acceptors (Lipinski definition) is 4. The highest BCUT2D eigenvalue weighted by Crippen LogP contribution is 2.28. The van der Waals surface area contributed by atoms with Gasteiger partial charge in [0.2, 0.25) is 0 Å². The average molecular weight is 335 g/mol. The lowest BCUT2D eigenvalue weighted by molar-refractivity contribution is 0.0705. The van der Waals surface area contributed by atoms with Gasteiger partial charge in [0, 0.05) is 42.7 Å². The quantitative estimate of drug-likeness (QED) is 0.722. The number of fused-ring (bicyclic) bond motifs is 1. The van der Waals surface area contributed by atoms with E-state index in [1.54, 1.807) is 12.4 Å². The number of carbonyl (C=O) groups excluding carboxylic acids is 1. The summed E-state index contributed by atoms with van der Waals surface area (Å²) in [4.78, 5) is 23.6. The van der Waals surface area contributed by atoms with Crippen molar-refractivity contribution in [1.82, 2.24) is 24.5 Å². The number of rotatable bonds is 2. The number of aryl methyl sites for hydroxylation is 2. The summed E-state index contributed by atoms with van der Waals surface area (Å²) in [5.41, 5.74) is 4.57. The summed E-state index contributed by atoms with van der Waals surface area (Å²) in [7, 11) is 0. The van der Waals surface area contributed by atoms with Gasteiger partial charge < -0.3 is 4.90 Å². The fraction of sp³-hybridized carbons (Fsp3) is 0.368. The zero-order chi connectivity index (χ0) is 17.4. The van der Waals surface area contributed by atoms with Gasteiger partial charge in [-0.05, 0) is 44.4 Å². The SMILES string of the molecule is Cc1cccnc1C(=O)N1CCC(c2cc(C)n3nccc3n2)CC1. The standard InChI is InChI=1S/C19H21N5O/c1-13-4-3-8-20-18(13)19(25)23-10-6-15(7-11-23)16-12-14(2)24-17(22-16)5-9-21-24/h3-5,8-9,12,15H,6-7,10-11H2,1-2H3. The Hall–Kier alpha value is -2.76. The molecule has 1 fully saturated rings. The molecule has 25 heavy (non-hydrogen) atoms. The van der Waals surface area contributed by atoms with Crippen LogP contribution in [0.1, 0.15) is 46.2 Å². The van der Waals surface area contributed by atoms with Crippen molar-refractivity contribution in [2.75, 3.05) is 13.1 Å². The van der Waals surface area contributed by atoms with Crippen molar-refractivity contribution in [3.63, 3.8) is 0 Å². The Balaban J connectivity index is 1.49. The lowest BCUT2D eigenvalue weighted by atomic mass is 9.92. The molecule has 1 aliphatic heterocycles. The van der Waals surface area contributed by atoms with E-state index in [-0.39, 0.29) is 5.91 Å². The van der Waals surface area contributed by atoms with E-state index in [0.717, 1.165) is 48.5 Å². The van der Waals surface area contributed by atoms with Crippen molar-refractivity contribution in [3.8, 4) is 0 Å². The van der Waals surface area contributed by atoms with Gasteiger partial charge in [-0.15, -0.1) is 0 Å². The summed E-state index contributed by atoms with van der Waals surface area (Å²) in [5.74, 6) is 0.416. The Bertz CT molecular complexity index is 924. The van der Waals surface area contributed by atoms with E-state index >= 15 is 0 Å². The molecule has 4 heterocycles. The Morgan fingerprint density at radius 1 is 1.16 bits per heavy atom. The summed E-state index contributed by atoms with van der Waals surface area (Å²) >= 11 is 0. The molecule has 0 radical (unpaired) electrons. The summed E-state index contributed by atoms with van der Waals surface area (Å²) in [5, 5.41) is 4.28. The number of aromatic nitrogens is 4. The van der Waals surface area contributed by atoms with Crippen LogP contribution in [0, 0.1) is 13.8 Å². The maximum atomic E-state index is 12.7. The van der Waals surface area contributed by atoms with Crippen molar-refractivity contribution < 1.29 is 4.79 Å². The first kappa shape index (κ1) is 15.7. The first-order valence-electron chi connectivity index (χ1n) is 8.65. The molecule has 1 saturated heterocycles. The lowest BCUT2D eigenvalue weighted by Gasteiger charge is -2.32. The van der Waals surface area contributed by atoms with Gasteiger partial charge >= 0.3 is 0 Å². The molecule has 0 N–H and O–H groups in total. The van der Waals surface area contributed by atoms with E-state index in [1.165, 1.54) is 0 Å². The van der Waals surface area contributed by atoms with Crippen LogP contribution in [0.25, 0.3) is 5.65 Å². The highest BCUT2D eigenvalue weighted by molar-refractivity contribution is 5.93. The van der Waals surface area contributed by atoms with Crippen LogP contribution in [0.5, 0.6) is 0 Å².